The van der Waals surface area contributed by atoms with E-state index in [4.69, 9.17) is 0 Å². The zero-order valence-corrected chi connectivity index (χ0v) is 23.8. The van der Waals surface area contributed by atoms with Crippen molar-refractivity contribution in [2.75, 3.05) is 17.1 Å². The largest absolute Gasteiger partial charge is 0.352 e. The fraction of sp³-hybridized carbons (Fsp3) is 0.333. The third kappa shape index (κ3) is 8.13. The number of sulfonamides is 1. The van der Waals surface area contributed by atoms with Crippen molar-refractivity contribution in [3.63, 3.8) is 0 Å². The fourth-order valence-corrected chi connectivity index (χ4v) is 5.46. The maximum atomic E-state index is 14.1. The van der Waals surface area contributed by atoms with Crippen LogP contribution in [0.1, 0.15) is 36.1 Å². The first-order valence-electron chi connectivity index (χ1n) is 12.8. The van der Waals surface area contributed by atoms with Crippen LogP contribution in [0.3, 0.4) is 0 Å². The third-order valence-electron chi connectivity index (χ3n) is 6.34. The number of amides is 2. The van der Waals surface area contributed by atoms with E-state index in [0.29, 0.717) is 22.4 Å². The minimum absolute atomic E-state index is 0.00746. The molecule has 0 saturated carbocycles. The summed E-state index contributed by atoms with van der Waals surface area (Å²) in [6.45, 7) is 6.73. The average Bonchev–Trinajstić information content (AvgIpc) is 2.86. The van der Waals surface area contributed by atoms with Crippen molar-refractivity contribution < 1.29 is 22.4 Å². The Hall–Kier alpha value is -3.72. The summed E-state index contributed by atoms with van der Waals surface area (Å²) in [6, 6.07) is 19.3. The Balaban J connectivity index is 2.08. The van der Waals surface area contributed by atoms with Crippen LogP contribution >= 0.6 is 0 Å². The molecule has 3 aromatic rings. The SMILES string of the molecule is Cc1cccc(C)c1N(CC(=O)N(Cc1ccc(F)cc1)[C@@H](Cc1ccccc1)C(=O)NC(C)C)S(C)(=O)=O. The first-order chi connectivity index (χ1) is 18.4. The van der Waals surface area contributed by atoms with Crippen molar-refractivity contribution in [3.8, 4) is 0 Å². The van der Waals surface area contributed by atoms with Crippen molar-refractivity contribution in [1.82, 2.24) is 10.2 Å². The van der Waals surface area contributed by atoms with E-state index >= 15 is 0 Å². The number of halogens is 1. The van der Waals surface area contributed by atoms with E-state index in [1.165, 1.54) is 17.0 Å². The summed E-state index contributed by atoms with van der Waals surface area (Å²) < 4.78 is 40.7. The molecular weight excluding hydrogens is 517 g/mol. The highest BCUT2D eigenvalue weighted by Crippen LogP contribution is 2.27. The van der Waals surface area contributed by atoms with Gasteiger partial charge in [0.15, 0.2) is 0 Å². The van der Waals surface area contributed by atoms with Crippen LogP contribution in [0.5, 0.6) is 0 Å². The van der Waals surface area contributed by atoms with E-state index in [0.717, 1.165) is 16.1 Å². The molecule has 0 radical (unpaired) electrons. The predicted molar refractivity (Wildman–Crippen MR) is 152 cm³/mol. The summed E-state index contributed by atoms with van der Waals surface area (Å²) >= 11 is 0. The van der Waals surface area contributed by atoms with E-state index < -0.39 is 34.3 Å². The number of carbonyl (C=O) groups excluding carboxylic acids is 2. The summed E-state index contributed by atoms with van der Waals surface area (Å²) in [6.07, 6.45) is 1.28. The Morgan fingerprint density at radius 1 is 0.872 bits per heavy atom. The normalized spacial score (nSPS) is 12.2. The molecule has 0 aromatic heterocycles. The molecule has 208 valence electrons. The van der Waals surface area contributed by atoms with Gasteiger partial charge in [0.2, 0.25) is 21.8 Å². The summed E-state index contributed by atoms with van der Waals surface area (Å²) in [7, 11) is -3.86. The lowest BCUT2D eigenvalue weighted by Crippen LogP contribution is -2.54. The number of benzene rings is 3. The van der Waals surface area contributed by atoms with E-state index in [2.05, 4.69) is 5.32 Å². The second-order valence-corrected chi connectivity index (χ2v) is 11.9. The number of anilines is 1. The van der Waals surface area contributed by atoms with Crippen LogP contribution in [0.4, 0.5) is 10.1 Å². The Labute approximate surface area is 230 Å². The Kier molecular flexibility index (Phi) is 9.86. The predicted octanol–water partition coefficient (Wildman–Crippen LogP) is 4.37. The van der Waals surface area contributed by atoms with E-state index in [9.17, 15) is 22.4 Å². The van der Waals surface area contributed by atoms with Gasteiger partial charge in [0.25, 0.3) is 0 Å². The van der Waals surface area contributed by atoms with Crippen LogP contribution in [0.2, 0.25) is 0 Å². The van der Waals surface area contributed by atoms with Gasteiger partial charge in [-0.15, -0.1) is 0 Å². The zero-order chi connectivity index (χ0) is 28.7. The van der Waals surface area contributed by atoms with Gasteiger partial charge in [0.1, 0.15) is 18.4 Å². The van der Waals surface area contributed by atoms with Crippen LogP contribution in [0.15, 0.2) is 72.8 Å². The molecule has 0 aliphatic heterocycles. The maximum absolute atomic E-state index is 14.1. The van der Waals surface area contributed by atoms with Crippen LogP contribution in [0.25, 0.3) is 0 Å². The highest BCUT2D eigenvalue weighted by atomic mass is 32.2. The number of nitrogens with one attached hydrogen (secondary N) is 1. The molecule has 0 unspecified atom stereocenters. The number of carbonyl (C=O) groups is 2. The van der Waals surface area contributed by atoms with Crippen molar-refractivity contribution in [1.29, 1.82) is 0 Å². The van der Waals surface area contributed by atoms with E-state index in [1.807, 2.05) is 50.2 Å². The molecule has 0 bridgehead atoms. The quantitative estimate of drug-likeness (QED) is 0.382. The van der Waals surface area contributed by atoms with Crippen molar-refractivity contribution in [2.24, 2.45) is 0 Å². The van der Waals surface area contributed by atoms with Gasteiger partial charge in [0, 0.05) is 19.0 Å². The molecule has 2 amide bonds. The Morgan fingerprint density at radius 2 is 1.46 bits per heavy atom. The van der Waals surface area contributed by atoms with Crippen molar-refractivity contribution in [2.45, 2.75) is 52.7 Å². The topological polar surface area (TPSA) is 86.8 Å². The van der Waals surface area contributed by atoms with Gasteiger partial charge in [-0.1, -0.05) is 60.7 Å². The van der Waals surface area contributed by atoms with E-state index in [1.54, 1.807) is 38.1 Å². The maximum Gasteiger partial charge on any atom is 0.244 e. The van der Waals surface area contributed by atoms with E-state index in [-0.39, 0.29) is 24.9 Å². The first-order valence-corrected chi connectivity index (χ1v) is 14.6. The van der Waals surface area contributed by atoms with Gasteiger partial charge in [-0.3, -0.25) is 13.9 Å². The molecule has 7 nitrogen and oxygen atoms in total. The minimum atomic E-state index is -3.86. The molecule has 39 heavy (non-hydrogen) atoms. The lowest BCUT2D eigenvalue weighted by Gasteiger charge is -2.34. The first kappa shape index (κ1) is 29.8. The second kappa shape index (κ2) is 12.9. The molecule has 0 heterocycles. The lowest BCUT2D eigenvalue weighted by molar-refractivity contribution is -0.140. The minimum Gasteiger partial charge on any atom is -0.352 e. The summed E-state index contributed by atoms with van der Waals surface area (Å²) in [4.78, 5) is 29.0. The monoisotopic (exact) mass is 553 g/mol. The Bertz CT molecular complexity index is 1370. The molecule has 3 rings (SSSR count). The number of aryl methyl sites for hydroxylation is 2. The van der Waals surface area contributed by atoms with Crippen LogP contribution < -0.4 is 9.62 Å². The highest BCUT2D eigenvalue weighted by molar-refractivity contribution is 7.92. The van der Waals surface area contributed by atoms with Crippen LogP contribution in [-0.2, 0) is 32.6 Å². The summed E-state index contributed by atoms with van der Waals surface area (Å²) in [5, 5.41) is 2.90. The lowest BCUT2D eigenvalue weighted by atomic mass is 10.0. The molecule has 0 spiro atoms. The zero-order valence-electron chi connectivity index (χ0n) is 23.0. The van der Waals surface area contributed by atoms with Crippen molar-refractivity contribution in [3.05, 3.63) is 101 Å². The van der Waals surface area contributed by atoms with Gasteiger partial charge in [0.05, 0.1) is 11.9 Å². The standard InChI is InChI=1S/C30H36FN3O4S/c1-21(2)32-30(36)27(18-24-12-7-6-8-13-24)33(19-25-14-16-26(31)17-15-25)28(35)20-34(39(5,37)38)29-22(3)10-9-11-23(29)4/h6-17,21,27H,18-20H2,1-5H3,(H,32,36)/t27-/m0/s1. The third-order valence-corrected chi connectivity index (χ3v) is 7.45. The summed E-state index contributed by atoms with van der Waals surface area (Å²) in [5.74, 6) is -1.33. The molecule has 0 aliphatic rings. The van der Waals surface area contributed by atoms with Gasteiger partial charge in [-0.25, -0.2) is 12.8 Å². The number of hydrogen-bond donors (Lipinski definition) is 1. The highest BCUT2D eigenvalue weighted by Gasteiger charge is 2.33. The van der Waals surface area contributed by atoms with Crippen molar-refractivity contribution >= 4 is 27.5 Å². The molecule has 1 atom stereocenters. The Morgan fingerprint density at radius 3 is 2.00 bits per heavy atom. The van der Waals surface area contributed by atoms with Crippen LogP contribution in [0, 0.1) is 19.7 Å². The molecule has 1 N–H and O–H groups in total. The van der Waals surface area contributed by atoms with Gasteiger partial charge in [-0.2, -0.15) is 0 Å². The van der Waals surface area contributed by atoms with Gasteiger partial charge < -0.3 is 10.2 Å². The molecule has 0 saturated heterocycles. The molecular formula is C30H36FN3O4S. The fourth-order valence-electron chi connectivity index (χ4n) is 4.50. The van der Waals surface area contributed by atoms with Crippen LogP contribution in [-0.4, -0.2) is 50.0 Å². The molecule has 0 aliphatic carbocycles. The summed E-state index contributed by atoms with van der Waals surface area (Å²) in [5.41, 5.74) is 3.29. The number of para-hydroxylation sites is 1. The number of nitrogens with zero attached hydrogens (tertiary/aromatic N) is 2. The molecule has 9 heteroatoms. The smallest absolute Gasteiger partial charge is 0.244 e. The van der Waals surface area contributed by atoms with Gasteiger partial charge >= 0.3 is 0 Å². The number of rotatable bonds is 11. The van der Waals surface area contributed by atoms with Gasteiger partial charge in [-0.05, 0) is 62.1 Å². The second-order valence-electron chi connectivity index (χ2n) is 10.0. The average molecular weight is 554 g/mol. The molecule has 3 aromatic carbocycles. The molecule has 0 fully saturated rings. The number of hydrogen-bond acceptors (Lipinski definition) is 4.